The SMILES string of the molecule is C=Nc1nc(C(=N)NC(=O)O)nc(-c2cccc(C)c2)c1N(CC1CCCCC1)CN1CCOCC1. The molecule has 2 heterocycles. The number of anilines is 1. The number of aryl methyl sites for hydroxylation is 1. The number of rotatable bonds is 8. The minimum atomic E-state index is -1.34. The van der Waals surface area contributed by atoms with E-state index >= 15 is 0 Å². The molecule has 0 bridgehead atoms. The molecule has 0 atom stereocenters. The molecule has 0 spiro atoms. The first-order valence-corrected chi connectivity index (χ1v) is 12.5. The van der Waals surface area contributed by atoms with Gasteiger partial charge in [0.1, 0.15) is 11.4 Å². The number of nitrogens with zero attached hydrogens (tertiary/aromatic N) is 5. The van der Waals surface area contributed by atoms with Crippen LogP contribution < -0.4 is 10.2 Å². The molecule has 1 aromatic heterocycles. The number of amidine groups is 1. The summed E-state index contributed by atoms with van der Waals surface area (Å²) in [7, 11) is 0. The molecule has 192 valence electrons. The van der Waals surface area contributed by atoms with Crippen molar-refractivity contribution in [1.29, 1.82) is 5.41 Å². The Morgan fingerprint density at radius 3 is 2.69 bits per heavy atom. The Hall–Kier alpha value is -3.37. The van der Waals surface area contributed by atoms with Gasteiger partial charge in [-0.05, 0) is 38.5 Å². The maximum absolute atomic E-state index is 11.2. The first-order valence-electron chi connectivity index (χ1n) is 12.5. The summed E-state index contributed by atoms with van der Waals surface area (Å²) in [6.45, 7) is 10.4. The molecule has 1 aliphatic heterocycles. The van der Waals surface area contributed by atoms with Crippen LogP contribution in [0.3, 0.4) is 0 Å². The molecule has 1 aromatic carbocycles. The summed E-state index contributed by atoms with van der Waals surface area (Å²) in [6, 6.07) is 7.98. The van der Waals surface area contributed by atoms with E-state index in [1.54, 1.807) is 0 Å². The zero-order valence-corrected chi connectivity index (χ0v) is 20.9. The van der Waals surface area contributed by atoms with Gasteiger partial charge in [-0.25, -0.2) is 19.8 Å². The fraction of sp³-hybridized carbons (Fsp3) is 0.500. The Labute approximate surface area is 211 Å². The highest BCUT2D eigenvalue weighted by atomic mass is 16.5. The van der Waals surface area contributed by atoms with Gasteiger partial charge in [0.05, 0.1) is 19.9 Å². The summed E-state index contributed by atoms with van der Waals surface area (Å²) in [6.07, 6.45) is 4.78. The largest absolute Gasteiger partial charge is 0.465 e. The minimum Gasteiger partial charge on any atom is -0.465 e. The zero-order valence-electron chi connectivity index (χ0n) is 20.9. The normalized spacial score (nSPS) is 16.9. The van der Waals surface area contributed by atoms with Crippen molar-refractivity contribution in [2.75, 3.05) is 44.4 Å². The number of hydrogen-bond donors (Lipinski definition) is 3. The third kappa shape index (κ3) is 6.44. The van der Waals surface area contributed by atoms with E-state index in [1.165, 1.54) is 32.1 Å². The van der Waals surface area contributed by atoms with Crippen LogP contribution in [0.25, 0.3) is 11.3 Å². The molecule has 10 heteroatoms. The van der Waals surface area contributed by atoms with E-state index in [1.807, 2.05) is 31.2 Å². The number of ether oxygens (including phenoxy) is 1. The number of benzene rings is 1. The van der Waals surface area contributed by atoms with E-state index in [2.05, 4.69) is 31.8 Å². The topological polar surface area (TPSA) is 127 Å². The van der Waals surface area contributed by atoms with Crippen LogP contribution in [0.2, 0.25) is 0 Å². The van der Waals surface area contributed by atoms with Crippen LogP contribution >= 0.6 is 0 Å². The van der Waals surface area contributed by atoms with Gasteiger partial charge in [0, 0.05) is 25.2 Å². The lowest BCUT2D eigenvalue weighted by Crippen LogP contribution is -2.46. The predicted molar refractivity (Wildman–Crippen MR) is 141 cm³/mol. The smallest absolute Gasteiger partial charge is 0.410 e. The van der Waals surface area contributed by atoms with Gasteiger partial charge in [-0.15, -0.1) is 0 Å². The van der Waals surface area contributed by atoms with Crippen LogP contribution in [0, 0.1) is 18.3 Å². The molecule has 1 aliphatic carbocycles. The zero-order chi connectivity index (χ0) is 25.5. The van der Waals surface area contributed by atoms with E-state index in [-0.39, 0.29) is 5.82 Å². The molecule has 2 aliphatic rings. The van der Waals surface area contributed by atoms with E-state index in [0.29, 0.717) is 37.3 Å². The number of hydrogen-bond acceptors (Lipinski definition) is 8. The third-order valence-corrected chi connectivity index (χ3v) is 6.76. The second-order valence-electron chi connectivity index (χ2n) is 9.50. The maximum atomic E-state index is 11.2. The van der Waals surface area contributed by atoms with E-state index in [9.17, 15) is 4.79 Å². The van der Waals surface area contributed by atoms with E-state index in [4.69, 9.17) is 20.2 Å². The summed E-state index contributed by atoms with van der Waals surface area (Å²) in [4.78, 5) is 29.3. The van der Waals surface area contributed by atoms with Gasteiger partial charge in [-0.2, -0.15) is 0 Å². The van der Waals surface area contributed by atoms with Crippen molar-refractivity contribution in [3.05, 3.63) is 35.7 Å². The van der Waals surface area contributed by atoms with Gasteiger partial charge in [-0.1, -0.05) is 43.0 Å². The first kappa shape index (κ1) is 25.7. The van der Waals surface area contributed by atoms with Crippen LogP contribution in [-0.4, -0.2) is 78.1 Å². The highest BCUT2D eigenvalue weighted by Crippen LogP contribution is 2.38. The first-order chi connectivity index (χ1) is 17.4. The molecule has 1 saturated heterocycles. The minimum absolute atomic E-state index is 0.0379. The molecule has 2 aromatic rings. The van der Waals surface area contributed by atoms with E-state index in [0.717, 1.165) is 36.4 Å². The Morgan fingerprint density at radius 1 is 1.28 bits per heavy atom. The standard InChI is InChI=1S/C26H35N7O3/c1-18-7-6-10-20(15-18)21-22(24(28-2)31-25(29-21)23(27)30-26(34)35)33(16-19-8-4-3-5-9-19)17-32-11-13-36-14-12-32/h6-7,10,15,19H,2-5,8-9,11-14,16-17H2,1H3,(H2,27,30)(H,34,35). The number of nitrogens with one attached hydrogen (secondary N) is 2. The number of morpholine rings is 1. The fourth-order valence-electron chi connectivity index (χ4n) is 5.00. The van der Waals surface area contributed by atoms with Crippen molar-refractivity contribution in [2.45, 2.75) is 39.0 Å². The number of carbonyl (C=O) groups is 1. The van der Waals surface area contributed by atoms with Crippen molar-refractivity contribution >= 4 is 30.2 Å². The molecule has 36 heavy (non-hydrogen) atoms. The molecule has 1 amide bonds. The summed E-state index contributed by atoms with van der Waals surface area (Å²) in [5, 5.41) is 19.4. The molecule has 2 fully saturated rings. The molecular formula is C26H35N7O3. The van der Waals surface area contributed by atoms with Crippen LogP contribution in [0.15, 0.2) is 29.3 Å². The quantitative estimate of drug-likeness (QED) is 0.374. The van der Waals surface area contributed by atoms with Crippen LogP contribution in [0.4, 0.5) is 16.3 Å². The van der Waals surface area contributed by atoms with Gasteiger partial charge in [0.15, 0.2) is 17.5 Å². The lowest BCUT2D eigenvalue weighted by Gasteiger charge is -2.37. The number of aromatic nitrogens is 2. The molecule has 10 nitrogen and oxygen atoms in total. The Balaban J connectivity index is 1.83. The molecule has 0 unspecified atom stereocenters. The lowest BCUT2D eigenvalue weighted by molar-refractivity contribution is 0.0375. The molecule has 0 radical (unpaired) electrons. The summed E-state index contributed by atoms with van der Waals surface area (Å²) in [5.74, 6) is 0.455. The third-order valence-electron chi connectivity index (χ3n) is 6.76. The monoisotopic (exact) mass is 493 g/mol. The highest BCUT2D eigenvalue weighted by molar-refractivity contribution is 6.02. The fourth-order valence-corrected chi connectivity index (χ4v) is 5.00. The van der Waals surface area contributed by atoms with Gasteiger partial charge in [0.25, 0.3) is 0 Å². The van der Waals surface area contributed by atoms with E-state index < -0.39 is 11.9 Å². The van der Waals surface area contributed by atoms with Gasteiger partial charge in [0.2, 0.25) is 0 Å². The Bertz CT molecular complexity index is 1070. The van der Waals surface area contributed by atoms with Crippen LogP contribution in [-0.2, 0) is 4.74 Å². The number of carboxylic acid groups (broad SMARTS) is 1. The molecular weight excluding hydrogens is 458 g/mol. The van der Waals surface area contributed by atoms with Gasteiger partial charge >= 0.3 is 6.09 Å². The molecule has 3 N–H and O–H groups in total. The second kappa shape index (κ2) is 12.0. The van der Waals surface area contributed by atoms with Gasteiger partial charge < -0.3 is 14.7 Å². The highest BCUT2D eigenvalue weighted by Gasteiger charge is 2.27. The average Bonchev–Trinajstić information content (AvgIpc) is 2.88. The summed E-state index contributed by atoms with van der Waals surface area (Å²) in [5.41, 5.74) is 3.31. The van der Waals surface area contributed by atoms with Crippen molar-refractivity contribution < 1.29 is 14.6 Å². The van der Waals surface area contributed by atoms with Crippen molar-refractivity contribution in [1.82, 2.24) is 20.2 Å². The second-order valence-corrected chi connectivity index (χ2v) is 9.50. The lowest BCUT2D eigenvalue weighted by atomic mass is 9.89. The van der Waals surface area contributed by atoms with Crippen LogP contribution in [0.1, 0.15) is 43.5 Å². The maximum Gasteiger partial charge on any atom is 0.410 e. The Morgan fingerprint density at radius 2 is 2.03 bits per heavy atom. The van der Waals surface area contributed by atoms with Crippen molar-refractivity contribution in [3.8, 4) is 11.3 Å². The molecule has 4 rings (SSSR count). The Kier molecular flexibility index (Phi) is 8.61. The van der Waals surface area contributed by atoms with Crippen molar-refractivity contribution in [2.24, 2.45) is 10.9 Å². The predicted octanol–water partition coefficient (Wildman–Crippen LogP) is 4.05. The van der Waals surface area contributed by atoms with Gasteiger partial charge in [-0.3, -0.25) is 15.6 Å². The summed E-state index contributed by atoms with van der Waals surface area (Å²) >= 11 is 0. The molecule has 1 saturated carbocycles. The number of amides is 1. The summed E-state index contributed by atoms with van der Waals surface area (Å²) < 4.78 is 5.57. The van der Waals surface area contributed by atoms with Crippen molar-refractivity contribution in [3.63, 3.8) is 0 Å². The number of aliphatic imine (C=N–C) groups is 1. The van der Waals surface area contributed by atoms with Crippen LogP contribution in [0.5, 0.6) is 0 Å². The average molecular weight is 494 g/mol.